The molecular weight excluding hydrogens is 474 g/mol. The Morgan fingerprint density at radius 1 is 1.24 bits per heavy atom. The normalized spacial score (nSPS) is 17.8. The predicted octanol–water partition coefficient (Wildman–Crippen LogP) is 3.01. The number of aromatic nitrogens is 3. The van der Waals surface area contributed by atoms with E-state index < -0.39 is 12.0 Å². The number of esters is 1. The van der Waals surface area contributed by atoms with E-state index in [2.05, 4.69) is 4.57 Å². The highest BCUT2D eigenvalue weighted by Crippen LogP contribution is 2.28. The Kier molecular flexibility index (Phi) is 8.46. The van der Waals surface area contributed by atoms with E-state index in [-0.39, 0.29) is 23.7 Å². The van der Waals surface area contributed by atoms with Gasteiger partial charge in [-0.15, -0.1) is 0 Å². The Bertz CT molecular complexity index is 1280. The molecule has 0 bridgehead atoms. The van der Waals surface area contributed by atoms with Gasteiger partial charge in [-0.2, -0.15) is 0 Å². The van der Waals surface area contributed by atoms with Crippen LogP contribution < -0.4 is 5.56 Å². The van der Waals surface area contributed by atoms with Crippen LogP contribution in [0.1, 0.15) is 38.3 Å². The van der Waals surface area contributed by atoms with Crippen molar-refractivity contribution in [3.8, 4) is 11.4 Å². The first kappa shape index (κ1) is 27.0. The zero-order valence-electron chi connectivity index (χ0n) is 22.3. The summed E-state index contributed by atoms with van der Waals surface area (Å²) in [6, 6.07) is 7.95. The number of aliphatic hydroxyl groups excluding tert-OH is 1. The Balaban J connectivity index is 1.67. The van der Waals surface area contributed by atoms with E-state index in [1.54, 1.807) is 45.5 Å². The van der Waals surface area contributed by atoms with Crippen molar-refractivity contribution in [1.29, 1.82) is 0 Å². The van der Waals surface area contributed by atoms with Gasteiger partial charge in [0, 0.05) is 24.4 Å². The molecule has 4 rings (SSSR count). The molecule has 0 radical (unpaired) electrons. The fourth-order valence-electron chi connectivity index (χ4n) is 4.78. The van der Waals surface area contributed by atoms with Gasteiger partial charge in [-0.3, -0.25) is 9.59 Å². The lowest BCUT2D eigenvalue weighted by atomic mass is 9.95. The second-order valence-corrected chi connectivity index (χ2v) is 10.1. The molecule has 3 heterocycles. The lowest BCUT2D eigenvalue weighted by Crippen LogP contribution is -2.32. The van der Waals surface area contributed by atoms with Gasteiger partial charge in [0.15, 0.2) is 0 Å². The standard InChI is InChI=1S/C28H37N3O6/c1-17(2)37-28(34)23(19(4)32)8-6-20-7-9-25-24(13-20)29-26(21-12-18(3)27(33)30(5)14-21)31(25)15-22-16-35-10-11-36-22/h7,9,12-14,17,19,22-23,32H,6,8,10-11,15-16H2,1-5H3/t19-,22?,23+/m1/s1. The largest absolute Gasteiger partial charge is 0.463 e. The number of carbonyl (C=O) groups excluding carboxylic acids is 1. The molecule has 3 aromatic rings. The minimum Gasteiger partial charge on any atom is -0.463 e. The molecule has 1 aliphatic rings. The van der Waals surface area contributed by atoms with Crippen LogP contribution in [0.3, 0.4) is 0 Å². The molecule has 1 saturated heterocycles. The van der Waals surface area contributed by atoms with Gasteiger partial charge in [-0.25, -0.2) is 4.98 Å². The summed E-state index contributed by atoms with van der Waals surface area (Å²) in [6.45, 7) is 9.25. The maximum Gasteiger partial charge on any atom is 0.311 e. The highest BCUT2D eigenvalue weighted by molar-refractivity contribution is 5.81. The zero-order chi connectivity index (χ0) is 26.7. The zero-order valence-corrected chi connectivity index (χ0v) is 22.3. The van der Waals surface area contributed by atoms with Crippen LogP contribution in [-0.2, 0) is 39.0 Å². The predicted molar refractivity (Wildman–Crippen MR) is 140 cm³/mol. The summed E-state index contributed by atoms with van der Waals surface area (Å²) >= 11 is 0. The van der Waals surface area contributed by atoms with Crippen molar-refractivity contribution in [3.63, 3.8) is 0 Å². The molecule has 1 fully saturated rings. The third-order valence-corrected chi connectivity index (χ3v) is 6.69. The fourth-order valence-corrected chi connectivity index (χ4v) is 4.78. The topological polar surface area (TPSA) is 105 Å². The monoisotopic (exact) mass is 511 g/mol. The molecule has 1 aromatic carbocycles. The van der Waals surface area contributed by atoms with Gasteiger partial charge in [-0.05, 0) is 64.3 Å². The summed E-state index contributed by atoms with van der Waals surface area (Å²) in [5.74, 6) is -0.219. The van der Waals surface area contributed by atoms with Crippen LogP contribution in [0.25, 0.3) is 22.4 Å². The lowest BCUT2D eigenvalue weighted by molar-refractivity contribution is -0.156. The number of nitrogens with zero attached hydrogens (tertiary/aromatic N) is 3. The quantitative estimate of drug-likeness (QED) is 0.441. The molecule has 0 aliphatic carbocycles. The molecule has 1 aliphatic heterocycles. The van der Waals surface area contributed by atoms with Crippen LogP contribution in [0.2, 0.25) is 0 Å². The summed E-state index contributed by atoms with van der Waals surface area (Å²) < 4.78 is 20.6. The minimum atomic E-state index is -0.800. The van der Waals surface area contributed by atoms with E-state index in [4.69, 9.17) is 19.2 Å². The first-order valence-corrected chi connectivity index (χ1v) is 12.9. The van der Waals surface area contributed by atoms with Gasteiger partial charge >= 0.3 is 5.97 Å². The second kappa shape index (κ2) is 11.6. The molecule has 9 heteroatoms. The molecule has 0 spiro atoms. The van der Waals surface area contributed by atoms with Crippen molar-refractivity contribution in [2.45, 2.75) is 65.4 Å². The Labute approximate surface area is 217 Å². The van der Waals surface area contributed by atoms with Crippen LogP contribution in [0.4, 0.5) is 0 Å². The van der Waals surface area contributed by atoms with Gasteiger partial charge in [0.05, 0.1) is 61.6 Å². The summed E-state index contributed by atoms with van der Waals surface area (Å²) in [5, 5.41) is 10.2. The third kappa shape index (κ3) is 6.29. The third-order valence-electron chi connectivity index (χ3n) is 6.69. The highest BCUT2D eigenvalue weighted by atomic mass is 16.6. The number of imidazole rings is 1. The molecule has 0 amide bonds. The minimum absolute atomic E-state index is 0.0404. The average Bonchev–Trinajstić information content (AvgIpc) is 3.19. The number of aliphatic hydroxyl groups is 1. The van der Waals surface area contributed by atoms with Crippen LogP contribution in [0, 0.1) is 12.8 Å². The molecule has 200 valence electrons. The van der Waals surface area contributed by atoms with Gasteiger partial charge in [0.1, 0.15) is 5.82 Å². The fraction of sp³-hybridized carbons (Fsp3) is 0.536. The van der Waals surface area contributed by atoms with Crippen molar-refractivity contribution < 1.29 is 24.1 Å². The van der Waals surface area contributed by atoms with Gasteiger partial charge in [-0.1, -0.05) is 6.07 Å². The van der Waals surface area contributed by atoms with E-state index in [0.29, 0.717) is 44.8 Å². The molecule has 3 atom stereocenters. The molecule has 1 N–H and O–H groups in total. The van der Waals surface area contributed by atoms with Gasteiger partial charge < -0.3 is 28.5 Å². The number of fused-ring (bicyclic) bond motifs is 1. The van der Waals surface area contributed by atoms with E-state index in [1.165, 1.54) is 0 Å². The molecule has 37 heavy (non-hydrogen) atoms. The second-order valence-electron chi connectivity index (χ2n) is 10.1. The van der Waals surface area contributed by atoms with Crippen molar-refractivity contribution in [3.05, 3.63) is 51.9 Å². The first-order chi connectivity index (χ1) is 17.6. The van der Waals surface area contributed by atoms with E-state index >= 15 is 0 Å². The van der Waals surface area contributed by atoms with Crippen LogP contribution >= 0.6 is 0 Å². The molecular formula is C28H37N3O6. The number of hydrogen-bond donors (Lipinski definition) is 1. The number of aryl methyl sites for hydroxylation is 3. The van der Waals surface area contributed by atoms with E-state index in [9.17, 15) is 14.7 Å². The van der Waals surface area contributed by atoms with Crippen LogP contribution in [0.15, 0.2) is 35.3 Å². The number of pyridine rings is 1. The summed E-state index contributed by atoms with van der Waals surface area (Å²) in [6.07, 6.45) is 1.74. The SMILES string of the molecule is Cc1cc(-c2nc3cc(CC[C@H](C(=O)OC(C)C)[C@@H](C)O)ccc3n2CC2COCCO2)cn(C)c1=O. The molecule has 0 saturated carbocycles. The molecule has 2 aromatic heterocycles. The number of rotatable bonds is 9. The summed E-state index contributed by atoms with van der Waals surface area (Å²) in [7, 11) is 1.74. The van der Waals surface area contributed by atoms with Crippen LogP contribution in [-0.4, -0.2) is 63.3 Å². The number of ether oxygens (including phenoxy) is 3. The lowest BCUT2D eigenvalue weighted by Gasteiger charge is -2.24. The number of benzene rings is 1. The Morgan fingerprint density at radius 3 is 2.68 bits per heavy atom. The number of hydrogen-bond acceptors (Lipinski definition) is 7. The maximum atomic E-state index is 12.5. The average molecular weight is 512 g/mol. The highest BCUT2D eigenvalue weighted by Gasteiger charge is 2.26. The summed E-state index contributed by atoms with van der Waals surface area (Å²) in [5.41, 5.74) is 4.23. The van der Waals surface area contributed by atoms with Crippen molar-refractivity contribution >= 4 is 17.0 Å². The van der Waals surface area contributed by atoms with Gasteiger partial charge in [0.2, 0.25) is 0 Å². The van der Waals surface area contributed by atoms with E-state index in [0.717, 1.165) is 28.0 Å². The van der Waals surface area contributed by atoms with Gasteiger partial charge in [0.25, 0.3) is 5.56 Å². The van der Waals surface area contributed by atoms with Crippen LogP contribution in [0.5, 0.6) is 0 Å². The number of carbonyl (C=O) groups is 1. The van der Waals surface area contributed by atoms with Crippen molar-refractivity contribution in [2.24, 2.45) is 13.0 Å². The van der Waals surface area contributed by atoms with E-state index in [1.807, 2.05) is 24.3 Å². The Hall–Kier alpha value is -3.01. The maximum absolute atomic E-state index is 12.5. The molecule has 9 nitrogen and oxygen atoms in total. The van der Waals surface area contributed by atoms with Crippen molar-refractivity contribution in [1.82, 2.24) is 14.1 Å². The molecule has 1 unspecified atom stereocenters. The Morgan fingerprint density at radius 2 is 2.03 bits per heavy atom. The summed E-state index contributed by atoms with van der Waals surface area (Å²) in [4.78, 5) is 29.7. The first-order valence-electron chi connectivity index (χ1n) is 12.9. The van der Waals surface area contributed by atoms with Crippen molar-refractivity contribution in [2.75, 3.05) is 19.8 Å². The smallest absolute Gasteiger partial charge is 0.311 e.